The molecule has 4 nitrogen and oxygen atoms in total. The monoisotopic (exact) mass is 321 g/mol. The summed E-state index contributed by atoms with van der Waals surface area (Å²) < 4.78 is 0. The Labute approximate surface area is 143 Å². The topological polar surface area (TPSA) is 56.1 Å². The average Bonchev–Trinajstić information content (AvgIpc) is 2.58. The van der Waals surface area contributed by atoms with E-state index in [9.17, 15) is 10.1 Å². The van der Waals surface area contributed by atoms with E-state index in [0.29, 0.717) is 23.4 Å². The third-order valence-corrected chi connectivity index (χ3v) is 4.12. The molecule has 124 valence electrons. The van der Waals surface area contributed by atoms with Crippen molar-refractivity contribution in [3.05, 3.63) is 65.2 Å². The van der Waals surface area contributed by atoms with E-state index in [4.69, 9.17) is 0 Å². The Morgan fingerprint density at radius 2 is 1.92 bits per heavy atom. The molecule has 2 rings (SSSR count). The van der Waals surface area contributed by atoms with E-state index in [1.54, 1.807) is 18.2 Å². The standard InChI is InChI=1S/C20H23N3O/c1-15(24)17-9-10-18(13-21)20(12-17)22-14-19(23(2)3)11-16-7-5-4-6-8-16/h4-10,12,19,22H,11,14H2,1-3H3. The number of carbonyl (C=O) groups excluding carboxylic acids is 1. The average molecular weight is 321 g/mol. The van der Waals surface area contributed by atoms with Crippen LogP contribution in [-0.4, -0.2) is 37.4 Å². The second-order valence-corrected chi connectivity index (χ2v) is 6.12. The van der Waals surface area contributed by atoms with E-state index < -0.39 is 0 Å². The molecule has 0 amide bonds. The van der Waals surface area contributed by atoms with Crippen molar-refractivity contribution in [2.24, 2.45) is 0 Å². The maximum absolute atomic E-state index is 11.6. The molecule has 2 aromatic rings. The fourth-order valence-electron chi connectivity index (χ4n) is 2.56. The van der Waals surface area contributed by atoms with Gasteiger partial charge in [-0.15, -0.1) is 0 Å². The maximum Gasteiger partial charge on any atom is 0.159 e. The van der Waals surface area contributed by atoms with Crippen molar-refractivity contribution >= 4 is 11.5 Å². The van der Waals surface area contributed by atoms with Crippen molar-refractivity contribution in [2.75, 3.05) is 26.0 Å². The molecule has 1 atom stereocenters. The number of ketones is 1. The molecule has 0 bridgehead atoms. The van der Waals surface area contributed by atoms with E-state index in [0.717, 1.165) is 6.42 Å². The summed E-state index contributed by atoms with van der Waals surface area (Å²) in [4.78, 5) is 13.7. The van der Waals surface area contributed by atoms with Gasteiger partial charge in [0.15, 0.2) is 5.78 Å². The van der Waals surface area contributed by atoms with Crippen LogP contribution in [0.25, 0.3) is 0 Å². The number of hydrogen-bond donors (Lipinski definition) is 1. The number of rotatable bonds is 7. The van der Waals surface area contributed by atoms with Crippen molar-refractivity contribution in [1.82, 2.24) is 4.90 Å². The van der Waals surface area contributed by atoms with Crippen LogP contribution in [0.1, 0.15) is 28.4 Å². The van der Waals surface area contributed by atoms with Crippen molar-refractivity contribution in [3.8, 4) is 6.07 Å². The molecule has 0 radical (unpaired) electrons. The van der Waals surface area contributed by atoms with E-state index in [2.05, 4.69) is 28.4 Å². The largest absolute Gasteiger partial charge is 0.382 e. The first-order valence-corrected chi connectivity index (χ1v) is 8.00. The molecule has 24 heavy (non-hydrogen) atoms. The molecule has 1 unspecified atom stereocenters. The predicted octanol–water partition coefficient (Wildman–Crippen LogP) is 3.35. The normalized spacial score (nSPS) is 11.8. The van der Waals surface area contributed by atoms with Crippen LogP contribution >= 0.6 is 0 Å². The van der Waals surface area contributed by atoms with Crippen LogP contribution < -0.4 is 5.32 Å². The third-order valence-electron chi connectivity index (χ3n) is 4.12. The number of nitriles is 1. The number of likely N-dealkylation sites (N-methyl/N-ethyl adjacent to an activating group) is 1. The highest BCUT2D eigenvalue weighted by Crippen LogP contribution is 2.18. The Bertz CT molecular complexity index is 732. The molecule has 1 N–H and O–H groups in total. The first-order chi connectivity index (χ1) is 11.5. The van der Waals surface area contributed by atoms with Gasteiger partial charge in [0, 0.05) is 18.2 Å². The van der Waals surface area contributed by atoms with Gasteiger partial charge < -0.3 is 10.2 Å². The van der Waals surface area contributed by atoms with Crippen LogP contribution in [0.15, 0.2) is 48.5 Å². The van der Waals surface area contributed by atoms with Crippen molar-refractivity contribution in [3.63, 3.8) is 0 Å². The van der Waals surface area contributed by atoms with Crippen LogP contribution in [0.3, 0.4) is 0 Å². The summed E-state index contributed by atoms with van der Waals surface area (Å²) in [6, 6.07) is 17.9. The van der Waals surface area contributed by atoms with E-state index in [1.807, 2.05) is 32.3 Å². The zero-order valence-electron chi connectivity index (χ0n) is 14.4. The quantitative estimate of drug-likeness (QED) is 0.795. The van der Waals surface area contributed by atoms with Gasteiger partial charge in [0.2, 0.25) is 0 Å². The molecule has 2 aromatic carbocycles. The SMILES string of the molecule is CC(=O)c1ccc(C#N)c(NCC(Cc2ccccc2)N(C)C)c1. The van der Waals surface area contributed by atoms with Crippen LogP contribution in [0.4, 0.5) is 5.69 Å². The lowest BCUT2D eigenvalue weighted by molar-refractivity contribution is 0.101. The molecule has 0 spiro atoms. The minimum Gasteiger partial charge on any atom is -0.382 e. The summed E-state index contributed by atoms with van der Waals surface area (Å²) in [5.74, 6) is -0.00372. The second kappa shape index (κ2) is 8.28. The zero-order chi connectivity index (χ0) is 17.5. The Hall–Kier alpha value is -2.64. The second-order valence-electron chi connectivity index (χ2n) is 6.12. The van der Waals surface area contributed by atoms with E-state index in [-0.39, 0.29) is 11.8 Å². The number of carbonyl (C=O) groups is 1. The van der Waals surface area contributed by atoms with Crippen LogP contribution in [0.2, 0.25) is 0 Å². The molecule has 0 fully saturated rings. The number of nitrogens with one attached hydrogen (secondary N) is 1. The zero-order valence-corrected chi connectivity index (χ0v) is 14.4. The lowest BCUT2D eigenvalue weighted by atomic mass is 10.0. The molecule has 0 aromatic heterocycles. The number of Topliss-reactive ketones (excluding diaryl/α,β-unsaturated/α-hetero) is 1. The van der Waals surface area contributed by atoms with Gasteiger partial charge in [-0.3, -0.25) is 4.79 Å². The molecule has 0 heterocycles. The smallest absolute Gasteiger partial charge is 0.159 e. The fourth-order valence-corrected chi connectivity index (χ4v) is 2.56. The fraction of sp³-hybridized carbons (Fsp3) is 0.300. The lowest BCUT2D eigenvalue weighted by Crippen LogP contribution is -2.36. The van der Waals surface area contributed by atoms with Crippen LogP contribution in [0.5, 0.6) is 0 Å². The number of nitrogens with zero attached hydrogens (tertiary/aromatic N) is 2. The highest BCUT2D eigenvalue weighted by Gasteiger charge is 2.14. The van der Waals surface area contributed by atoms with Crippen molar-refractivity contribution < 1.29 is 4.79 Å². The first-order valence-electron chi connectivity index (χ1n) is 8.00. The lowest BCUT2D eigenvalue weighted by Gasteiger charge is -2.25. The molecule has 0 saturated carbocycles. The highest BCUT2D eigenvalue weighted by molar-refractivity contribution is 5.95. The van der Waals surface area contributed by atoms with Gasteiger partial charge in [-0.1, -0.05) is 30.3 Å². The molecule has 0 saturated heterocycles. The Morgan fingerprint density at radius 1 is 1.21 bits per heavy atom. The molecule has 4 heteroatoms. The summed E-state index contributed by atoms with van der Waals surface area (Å²) in [6.07, 6.45) is 0.912. The molecule has 0 aliphatic rings. The number of anilines is 1. The van der Waals surface area contributed by atoms with Gasteiger partial charge >= 0.3 is 0 Å². The molecule has 0 aliphatic carbocycles. The van der Waals surface area contributed by atoms with Gasteiger partial charge in [-0.2, -0.15) is 5.26 Å². The Morgan fingerprint density at radius 3 is 2.50 bits per heavy atom. The molecular weight excluding hydrogens is 298 g/mol. The van der Waals surface area contributed by atoms with Crippen molar-refractivity contribution in [1.29, 1.82) is 5.26 Å². The molecule has 0 aliphatic heterocycles. The predicted molar refractivity (Wildman–Crippen MR) is 97.3 cm³/mol. The summed E-state index contributed by atoms with van der Waals surface area (Å²) in [7, 11) is 4.10. The number of hydrogen-bond acceptors (Lipinski definition) is 4. The first kappa shape index (κ1) is 17.7. The van der Waals surface area contributed by atoms with Gasteiger partial charge in [0.1, 0.15) is 6.07 Å². The molecular formula is C20H23N3O. The van der Waals surface area contributed by atoms with Crippen LogP contribution in [-0.2, 0) is 6.42 Å². The number of benzene rings is 2. The van der Waals surface area contributed by atoms with Gasteiger partial charge in [0.05, 0.1) is 11.3 Å². The highest BCUT2D eigenvalue weighted by atomic mass is 16.1. The summed E-state index contributed by atoms with van der Waals surface area (Å²) in [5.41, 5.74) is 3.15. The van der Waals surface area contributed by atoms with Crippen LogP contribution in [0, 0.1) is 11.3 Å². The minimum atomic E-state index is -0.00372. The Balaban J connectivity index is 2.13. The maximum atomic E-state index is 11.6. The Kier molecular flexibility index (Phi) is 6.11. The summed E-state index contributed by atoms with van der Waals surface area (Å²) in [5, 5.41) is 12.6. The third kappa shape index (κ3) is 4.68. The van der Waals surface area contributed by atoms with Gasteiger partial charge in [-0.25, -0.2) is 0 Å². The van der Waals surface area contributed by atoms with E-state index in [1.165, 1.54) is 12.5 Å². The van der Waals surface area contributed by atoms with Gasteiger partial charge in [0.25, 0.3) is 0 Å². The summed E-state index contributed by atoms with van der Waals surface area (Å²) >= 11 is 0. The summed E-state index contributed by atoms with van der Waals surface area (Å²) in [6.45, 7) is 2.22. The van der Waals surface area contributed by atoms with E-state index >= 15 is 0 Å². The van der Waals surface area contributed by atoms with Crippen molar-refractivity contribution in [2.45, 2.75) is 19.4 Å². The minimum absolute atomic E-state index is 0.00372. The van der Waals surface area contributed by atoms with Gasteiger partial charge in [-0.05, 0) is 51.2 Å².